The van der Waals surface area contributed by atoms with Crippen molar-refractivity contribution < 1.29 is 22.4 Å². The van der Waals surface area contributed by atoms with Crippen molar-refractivity contribution in [2.45, 2.75) is 50.9 Å². The van der Waals surface area contributed by atoms with Gasteiger partial charge in [-0.15, -0.1) is 11.3 Å². The van der Waals surface area contributed by atoms with Crippen LogP contribution in [0.15, 0.2) is 26.4 Å². The number of hydrogen-bond acceptors (Lipinski definition) is 8. The lowest BCUT2D eigenvalue weighted by Crippen LogP contribution is -2.24. The summed E-state index contributed by atoms with van der Waals surface area (Å²) in [6, 6.07) is 2.77. The number of ether oxygens (including phenoxy) is 1. The van der Waals surface area contributed by atoms with Crippen molar-refractivity contribution in [1.29, 1.82) is 0 Å². The molecule has 31 heavy (non-hydrogen) atoms. The number of sulfonamides is 1. The Morgan fingerprint density at radius 3 is 2.81 bits per heavy atom. The van der Waals surface area contributed by atoms with Crippen LogP contribution in [0.2, 0.25) is 0 Å². The third-order valence-corrected chi connectivity index (χ3v) is 8.17. The van der Waals surface area contributed by atoms with Gasteiger partial charge in [0.1, 0.15) is 27.9 Å². The number of aryl methyl sites for hydroxylation is 2. The van der Waals surface area contributed by atoms with Crippen LogP contribution in [0, 0.1) is 6.92 Å². The molecule has 3 aromatic heterocycles. The Morgan fingerprint density at radius 2 is 2.06 bits per heavy atom. The van der Waals surface area contributed by atoms with Gasteiger partial charge < -0.3 is 9.15 Å². The number of thiophene rings is 1. The lowest BCUT2D eigenvalue weighted by atomic mass is 10.2. The lowest BCUT2D eigenvalue weighted by Gasteiger charge is -2.08. The van der Waals surface area contributed by atoms with Gasteiger partial charge in [0.25, 0.3) is 15.6 Å². The van der Waals surface area contributed by atoms with E-state index in [2.05, 4.69) is 4.98 Å². The van der Waals surface area contributed by atoms with Crippen LogP contribution >= 0.6 is 11.3 Å². The summed E-state index contributed by atoms with van der Waals surface area (Å²) in [5.74, 6) is 0.368. The van der Waals surface area contributed by atoms with Gasteiger partial charge in [-0.2, -0.15) is 0 Å². The van der Waals surface area contributed by atoms with E-state index in [9.17, 15) is 18.0 Å². The molecule has 4 heterocycles. The third-order valence-electron chi connectivity index (χ3n) is 5.31. The van der Waals surface area contributed by atoms with E-state index in [4.69, 9.17) is 9.15 Å². The third kappa shape index (κ3) is 3.92. The molecule has 0 radical (unpaired) electrons. The Kier molecular flexibility index (Phi) is 5.75. The van der Waals surface area contributed by atoms with E-state index in [-0.39, 0.29) is 23.0 Å². The number of nitrogens with zero attached hydrogens (tertiary/aromatic N) is 3. The summed E-state index contributed by atoms with van der Waals surface area (Å²) < 4.78 is 37.6. The SMILES string of the molecule is Cc1c(C(=O)OCc2ccc(S(=O)(=O)N(C)C)o2)sc2nc3n(c(=O)c12)CCCCC3. The van der Waals surface area contributed by atoms with Gasteiger partial charge in [-0.25, -0.2) is 22.5 Å². The molecule has 0 saturated carbocycles. The highest BCUT2D eigenvalue weighted by molar-refractivity contribution is 7.88. The van der Waals surface area contributed by atoms with E-state index < -0.39 is 16.0 Å². The Labute approximate surface area is 183 Å². The first kappa shape index (κ1) is 21.7. The van der Waals surface area contributed by atoms with Gasteiger partial charge in [-0.05, 0) is 37.5 Å². The number of rotatable bonds is 5. The number of esters is 1. The maximum Gasteiger partial charge on any atom is 0.349 e. The van der Waals surface area contributed by atoms with Crippen molar-refractivity contribution in [1.82, 2.24) is 13.9 Å². The average Bonchev–Trinajstić information content (AvgIpc) is 3.25. The van der Waals surface area contributed by atoms with E-state index in [0.29, 0.717) is 27.2 Å². The molecule has 4 rings (SSSR count). The minimum atomic E-state index is -3.70. The largest absolute Gasteiger partial charge is 0.453 e. The molecular formula is C20H23N3O6S2. The van der Waals surface area contributed by atoms with Crippen molar-refractivity contribution in [2.24, 2.45) is 0 Å². The standard InChI is InChI=1S/C20H23N3O6S2/c1-12-16-18(21-14-7-5-4-6-10-23(14)19(16)24)30-17(12)20(25)28-11-13-8-9-15(29-13)31(26,27)22(2)3/h8-9H,4-7,10-11H2,1-3H3. The van der Waals surface area contributed by atoms with E-state index >= 15 is 0 Å². The van der Waals surface area contributed by atoms with Crippen LogP contribution in [0.3, 0.4) is 0 Å². The molecule has 3 aromatic rings. The lowest BCUT2D eigenvalue weighted by molar-refractivity contribution is 0.0446. The second kappa shape index (κ2) is 8.21. The summed E-state index contributed by atoms with van der Waals surface area (Å²) in [5, 5.41) is 0.236. The quantitative estimate of drug-likeness (QED) is 0.533. The van der Waals surface area contributed by atoms with Crippen LogP contribution in [-0.2, 0) is 34.3 Å². The number of furan rings is 1. The second-order valence-electron chi connectivity index (χ2n) is 7.62. The molecule has 0 amide bonds. The molecule has 1 aliphatic rings. The van der Waals surface area contributed by atoms with E-state index in [0.717, 1.165) is 47.1 Å². The zero-order chi connectivity index (χ0) is 22.3. The Morgan fingerprint density at radius 1 is 1.29 bits per heavy atom. The highest BCUT2D eigenvalue weighted by atomic mass is 32.2. The molecule has 0 fully saturated rings. The number of carbonyl (C=O) groups excluding carboxylic acids is 1. The first-order valence-electron chi connectivity index (χ1n) is 9.91. The monoisotopic (exact) mass is 465 g/mol. The summed E-state index contributed by atoms with van der Waals surface area (Å²) in [6.45, 7) is 2.14. The van der Waals surface area contributed by atoms with Gasteiger partial charge in [-0.1, -0.05) is 6.42 Å². The van der Waals surface area contributed by atoms with Crippen molar-refractivity contribution in [2.75, 3.05) is 14.1 Å². The number of aromatic nitrogens is 2. The van der Waals surface area contributed by atoms with E-state index in [1.165, 1.54) is 26.2 Å². The summed E-state index contributed by atoms with van der Waals surface area (Å²) in [6.07, 6.45) is 3.74. The van der Waals surface area contributed by atoms with Crippen LogP contribution in [0.5, 0.6) is 0 Å². The maximum atomic E-state index is 13.0. The predicted molar refractivity (Wildman–Crippen MR) is 115 cm³/mol. The van der Waals surface area contributed by atoms with Gasteiger partial charge in [0.05, 0.1) is 5.39 Å². The van der Waals surface area contributed by atoms with Gasteiger partial charge in [0.2, 0.25) is 5.09 Å². The molecule has 0 spiro atoms. The first-order chi connectivity index (χ1) is 14.7. The molecule has 11 heteroatoms. The van der Waals surface area contributed by atoms with Crippen molar-refractivity contribution in [3.8, 4) is 0 Å². The highest BCUT2D eigenvalue weighted by Crippen LogP contribution is 2.29. The first-order valence-corrected chi connectivity index (χ1v) is 12.2. The Bertz CT molecular complexity index is 1320. The zero-order valence-electron chi connectivity index (χ0n) is 17.5. The zero-order valence-corrected chi connectivity index (χ0v) is 19.1. The topological polar surface area (TPSA) is 112 Å². The van der Waals surface area contributed by atoms with Gasteiger partial charge in [0, 0.05) is 27.1 Å². The van der Waals surface area contributed by atoms with Crippen molar-refractivity contribution in [3.63, 3.8) is 0 Å². The van der Waals surface area contributed by atoms with Crippen LogP contribution in [0.25, 0.3) is 10.2 Å². The molecule has 0 aliphatic carbocycles. The minimum Gasteiger partial charge on any atom is -0.453 e. The fourth-order valence-corrected chi connectivity index (χ4v) is 5.46. The minimum absolute atomic E-state index is 0.112. The maximum absolute atomic E-state index is 13.0. The number of carbonyl (C=O) groups is 1. The van der Waals surface area contributed by atoms with Crippen LogP contribution in [0.4, 0.5) is 0 Å². The summed E-state index contributed by atoms with van der Waals surface area (Å²) in [7, 11) is -0.902. The van der Waals surface area contributed by atoms with Crippen LogP contribution < -0.4 is 5.56 Å². The van der Waals surface area contributed by atoms with Gasteiger partial charge >= 0.3 is 5.97 Å². The highest BCUT2D eigenvalue weighted by Gasteiger charge is 2.24. The molecule has 9 nitrogen and oxygen atoms in total. The Hall–Kier alpha value is -2.50. The van der Waals surface area contributed by atoms with E-state index in [1.54, 1.807) is 11.5 Å². The fourth-order valence-electron chi connectivity index (χ4n) is 3.56. The predicted octanol–water partition coefficient (Wildman–Crippen LogP) is 2.69. The molecule has 1 aliphatic heterocycles. The van der Waals surface area contributed by atoms with E-state index in [1.807, 2.05) is 0 Å². The summed E-state index contributed by atoms with van der Waals surface area (Å²) in [5.41, 5.74) is 0.441. The van der Waals surface area contributed by atoms with Crippen molar-refractivity contribution in [3.05, 3.63) is 44.5 Å². The summed E-state index contributed by atoms with van der Waals surface area (Å²) in [4.78, 5) is 31.2. The van der Waals surface area contributed by atoms with Crippen LogP contribution in [-0.4, -0.2) is 42.3 Å². The molecule has 0 N–H and O–H groups in total. The van der Waals surface area contributed by atoms with Crippen molar-refractivity contribution >= 4 is 37.5 Å². The molecule has 0 bridgehead atoms. The number of hydrogen-bond donors (Lipinski definition) is 0. The molecule has 0 saturated heterocycles. The normalized spacial score (nSPS) is 14.6. The average molecular weight is 466 g/mol. The van der Waals surface area contributed by atoms with Crippen LogP contribution in [0.1, 0.15) is 46.1 Å². The van der Waals surface area contributed by atoms with Gasteiger partial charge in [-0.3, -0.25) is 9.36 Å². The molecule has 0 aromatic carbocycles. The summed E-state index contributed by atoms with van der Waals surface area (Å²) >= 11 is 1.14. The van der Waals surface area contributed by atoms with Gasteiger partial charge in [0.15, 0.2) is 0 Å². The smallest absolute Gasteiger partial charge is 0.349 e. The number of fused-ring (bicyclic) bond motifs is 2. The Balaban J connectivity index is 1.58. The fraction of sp³-hybridized carbons (Fsp3) is 0.450. The molecular weight excluding hydrogens is 442 g/mol. The molecule has 0 unspecified atom stereocenters. The second-order valence-corrected chi connectivity index (χ2v) is 10.7. The molecule has 0 atom stereocenters. The molecule has 166 valence electrons.